The number of benzene rings is 2. The van der Waals surface area contributed by atoms with Gasteiger partial charge in [0.2, 0.25) is 5.75 Å². The van der Waals surface area contributed by atoms with Gasteiger partial charge < -0.3 is 14.9 Å². The van der Waals surface area contributed by atoms with Crippen LogP contribution in [0.3, 0.4) is 0 Å². The SMILES string of the molecule is Oc1cccc(O)c1Oc1cccc(Cl)c1. The van der Waals surface area contributed by atoms with E-state index in [1.165, 1.54) is 18.2 Å². The fourth-order valence-electron chi connectivity index (χ4n) is 1.27. The predicted molar refractivity (Wildman–Crippen MR) is 61.3 cm³/mol. The lowest BCUT2D eigenvalue weighted by Gasteiger charge is -2.09. The molecule has 0 aliphatic heterocycles. The van der Waals surface area contributed by atoms with Crippen LogP contribution in [-0.2, 0) is 0 Å². The number of ether oxygens (including phenoxy) is 1. The Balaban J connectivity index is 2.34. The number of aromatic hydroxyl groups is 2. The Hall–Kier alpha value is -1.87. The smallest absolute Gasteiger partial charge is 0.210 e. The second-order valence-electron chi connectivity index (χ2n) is 3.18. The molecular weight excluding hydrogens is 228 g/mol. The van der Waals surface area contributed by atoms with Crippen molar-refractivity contribution in [3.8, 4) is 23.0 Å². The van der Waals surface area contributed by atoms with Gasteiger partial charge in [-0.25, -0.2) is 0 Å². The first kappa shape index (κ1) is 10.6. The van der Waals surface area contributed by atoms with E-state index in [1.807, 2.05) is 0 Å². The van der Waals surface area contributed by atoms with Crippen molar-refractivity contribution in [1.82, 2.24) is 0 Å². The topological polar surface area (TPSA) is 49.7 Å². The van der Waals surface area contributed by atoms with Crippen LogP contribution in [0.2, 0.25) is 5.02 Å². The summed E-state index contributed by atoms with van der Waals surface area (Å²) in [4.78, 5) is 0. The maximum Gasteiger partial charge on any atom is 0.210 e. The van der Waals surface area contributed by atoms with Crippen molar-refractivity contribution < 1.29 is 14.9 Å². The molecule has 3 nitrogen and oxygen atoms in total. The molecule has 0 radical (unpaired) electrons. The molecule has 0 bridgehead atoms. The zero-order valence-corrected chi connectivity index (χ0v) is 8.98. The van der Waals surface area contributed by atoms with Crippen LogP contribution < -0.4 is 4.74 Å². The van der Waals surface area contributed by atoms with Gasteiger partial charge in [0.15, 0.2) is 11.5 Å². The molecule has 0 saturated carbocycles. The van der Waals surface area contributed by atoms with Crippen molar-refractivity contribution in [3.05, 3.63) is 47.5 Å². The van der Waals surface area contributed by atoms with E-state index in [1.54, 1.807) is 24.3 Å². The Morgan fingerprint density at radius 1 is 0.938 bits per heavy atom. The molecule has 0 spiro atoms. The molecule has 16 heavy (non-hydrogen) atoms. The number of phenols is 2. The van der Waals surface area contributed by atoms with Crippen LogP contribution >= 0.6 is 11.6 Å². The van der Waals surface area contributed by atoms with Gasteiger partial charge in [-0.2, -0.15) is 0 Å². The standard InChI is InChI=1S/C12H9ClO3/c13-8-3-1-4-9(7-8)16-12-10(14)5-2-6-11(12)15/h1-7,14-15H. The summed E-state index contributed by atoms with van der Waals surface area (Å²) in [7, 11) is 0. The van der Waals surface area contributed by atoms with Gasteiger partial charge in [0.25, 0.3) is 0 Å². The summed E-state index contributed by atoms with van der Waals surface area (Å²) in [5, 5.41) is 19.5. The molecule has 0 fully saturated rings. The van der Waals surface area contributed by atoms with Crippen LogP contribution in [0.5, 0.6) is 23.0 Å². The average Bonchev–Trinajstić information content (AvgIpc) is 2.24. The number of rotatable bonds is 2. The maximum atomic E-state index is 9.50. The normalized spacial score (nSPS) is 10.1. The van der Waals surface area contributed by atoms with Crippen molar-refractivity contribution in [2.75, 3.05) is 0 Å². The van der Waals surface area contributed by atoms with E-state index in [9.17, 15) is 10.2 Å². The Kier molecular flexibility index (Phi) is 2.88. The average molecular weight is 237 g/mol. The third kappa shape index (κ3) is 2.20. The van der Waals surface area contributed by atoms with E-state index < -0.39 is 0 Å². The molecule has 2 N–H and O–H groups in total. The van der Waals surface area contributed by atoms with Crippen molar-refractivity contribution in [2.45, 2.75) is 0 Å². The Bertz CT molecular complexity index is 491. The molecule has 0 aliphatic rings. The third-order valence-corrected chi connectivity index (χ3v) is 2.22. The summed E-state index contributed by atoms with van der Waals surface area (Å²) in [5.74, 6) is 0.217. The van der Waals surface area contributed by atoms with E-state index in [0.717, 1.165) is 0 Å². The van der Waals surface area contributed by atoms with Gasteiger partial charge in [-0.15, -0.1) is 0 Å². The van der Waals surface area contributed by atoms with E-state index in [4.69, 9.17) is 16.3 Å². The molecule has 0 aliphatic carbocycles. The van der Waals surface area contributed by atoms with Gasteiger partial charge in [0.05, 0.1) is 0 Å². The highest BCUT2D eigenvalue weighted by atomic mass is 35.5. The summed E-state index contributed by atoms with van der Waals surface area (Å²) in [6, 6.07) is 11.1. The van der Waals surface area contributed by atoms with Gasteiger partial charge in [-0.1, -0.05) is 23.7 Å². The predicted octanol–water partition coefficient (Wildman–Crippen LogP) is 3.54. The summed E-state index contributed by atoms with van der Waals surface area (Å²) in [6.07, 6.45) is 0. The first-order chi connectivity index (χ1) is 7.66. The molecule has 0 amide bonds. The molecule has 4 heteroatoms. The summed E-state index contributed by atoms with van der Waals surface area (Å²) >= 11 is 5.79. The summed E-state index contributed by atoms with van der Waals surface area (Å²) < 4.78 is 5.34. The molecule has 0 heterocycles. The Morgan fingerprint density at radius 2 is 1.56 bits per heavy atom. The van der Waals surface area contributed by atoms with E-state index >= 15 is 0 Å². The van der Waals surface area contributed by atoms with Crippen LogP contribution in [0.25, 0.3) is 0 Å². The molecule has 2 rings (SSSR count). The highest BCUT2D eigenvalue weighted by molar-refractivity contribution is 6.30. The Labute approximate surface area is 97.5 Å². The second kappa shape index (κ2) is 4.33. The van der Waals surface area contributed by atoms with Gasteiger partial charge in [-0.05, 0) is 30.3 Å². The lowest BCUT2D eigenvalue weighted by molar-refractivity contribution is 0.376. The summed E-state index contributed by atoms with van der Waals surface area (Å²) in [6.45, 7) is 0. The number of halogens is 1. The quantitative estimate of drug-likeness (QED) is 0.839. The van der Waals surface area contributed by atoms with Crippen LogP contribution in [0.1, 0.15) is 0 Å². The van der Waals surface area contributed by atoms with Crippen LogP contribution in [0, 0.1) is 0 Å². The number of phenolic OH excluding ortho intramolecular Hbond substituents is 2. The van der Waals surface area contributed by atoms with Crippen molar-refractivity contribution in [1.29, 1.82) is 0 Å². The Morgan fingerprint density at radius 3 is 2.19 bits per heavy atom. The first-order valence-electron chi connectivity index (χ1n) is 4.61. The van der Waals surface area contributed by atoms with Gasteiger partial charge in [0.1, 0.15) is 5.75 Å². The largest absolute Gasteiger partial charge is 0.504 e. The van der Waals surface area contributed by atoms with Gasteiger partial charge >= 0.3 is 0 Å². The number of para-hydroxylation sites is 1. The molecule has 0 aromatic heterocycles. The lowest BCUT2D eigenvalue weighted by Crippen LogP contribution is -1.85. The third-order valence-electron chi connectivity index (χ3n) is 1.99. The highest BCUT2D eigenvalue weighted by Crippen LogP contribution is 2.38. The van der Waals surface area contributed by atoms with Crippen LogP contribution in [0.15, 0.2) is 42.5 Å². The van der Waals surface area contributed by atoms with E-state index in [2.05, 4.69) is 0 Å². The summed E-state index contributed by atoms with van der Waals surface area (Å²) in [5.41, 5.74) is 0. The first-order valence-corrected chi connectivity index (χ1v) is 4.99. The van der Waals surface area contributed by atoms with E-state index in [-0.39, 0.29) is 17.2 Å². The number of hydrogen-bond acceptors (Lipinski definition) is 3. The molecular formula is C12H9ClO3. The molecule has 82 valence electrons. The highest BCUT2D eigenvalue weighted by Gasteiger charge is 2.09. The maximum absolute atomic E-state index is 9.50. The fourth-order valence-corrected chi connectivity index (χ4v) is 1.45. The molecule has 0 atom stereocenters. The van der Waals surface area contributed by atoms with Crippen molar-refractivity contribution in [3.63, 3.8) is 0 Å². The van der Waals surface area contributed by atoms with Gasteiger partial charge in [-0.3, -0.25) is 0 Å². The minimum atomic E-state index is -0.125. The van der Waals surface area contributed by atoms with Crippen molar-refractivity contribution in [2.24, 2.45) is 0 Å². The number of hydrogen-bond donors (Lipinski definition) is 2. The molecule has 2 aromatic carbocycles. The molecule has 0 saturated heterocycles. The van der Waals surface area contributed by atoms with Crippen molar-refractivity contribution >= 4 is 11.6 Å². The fraction of sp³-hybridized carbons (Fsp3) is 0. The minimum Gasteiger partial charge on any atom is -0.504 e. The second-order valence-corrected chi connectivity index (χ2v) is 3.62. The van der Waals surface area contributed by atoms with Gasteiger partial charge in [0, 0.05) is 5.02 Å². The van der Waals surface area contributed by atoms with Crippen LogP contribution in [0.4, 0.5) is 0 Å². The monoisotopic (exact) mass is 236 g/mol. The zero-order chi connectivity index (χ0) is 11.5. The van der Waals surface area contributed by atoms with E-state index in [0.29, 0.717) is 10.8 Å². The molecule has 0 unspecified atom stereocenters. The lowest BCUT2D eigenvalue weighted by atomic mass is 10.3. The zero-order valence-electron chi connectivity index (χ0n) is 8.22. The molecule has 2 aromatic rings. The van der Waals surface area contributed by atoms with Crippen LogP contribution in [-0.4, -0.2) is 10.2 Å². The minimum absolute atomic E-state index is 0.0183.